The average molecular weight is 296 g/mol. The molecule has 0 amide bonds. The molecule has 0 heterocycles. The Kier molecular flexibility index (Phi) is 4.98. The molecule has 92 valence electrons. The van der Waals surface area contributed by atoms with Gasteiger partial charge in [-0.25, -0.2) is 0 Å². The fourth-order valence-corrected chi connectivity index (χ4v) is 2.28. The molecule has 0 aliphatic rings. The van der Waals surface area contributed by atoms with Crippen molar-refractivity contribution in [3.05, 3.63) is 28.2 Å². The molecule has 4 heteroatoms. The minimum Gasteiger partial charge on any atom is -0.370 e. The quantitative estimate of drug-likeness (QED) is 0.928. The van der Waals surface area contributed by atoms with E-state index in [2.05, 4.69) is 26.9 Å². The first kappa shape index (κ1) is 14.0. The highest BCUT2D eigenvalue weighted by atomic mass is 79.9. The Balaban J connectivity index is 2.96. The number of rotatable bonds is 4. The highest BCUT2D eigenvalue weighted by Gasteiger charge is 2.13. The molecule has 1 unspecified atom stereocenters. The molecule has 0 bridgehead atoms. The van der Waals surface area contributed by atoms with E-state index in [-0.39, 0.29) is 12.1 Å². The molecule has 0 aromatic heterocycles. The molecule has 3 nitrogen and oxygen atoms in total. The van der Waals surface area contributed by atoms with E-state index in [4.69, 9.17) is 11.0 Å². The van der Waals surface area contributed by atoms with Crippen LogP contribution >= 0.6 is 15.9 Å². The molecule has 1 rings (SSSR count). The Morgan fingerprint density at radius 3 is 2.59 bits per heavy atom. The van der Waals surface area contributed by atoms with Gasteiger partial charge in [0.2, 0.25) is 0 Å². The predicted molar refractivity (Wildman–Crippen MR) is 74.8 cm³/mol. The van der Waals surface area contributed by atoms with Gasteiger partial charge in [0, 0.05) is 23.6 Å². The molecule has 2 N–H and O–H groups in total. The van der Waals surface area contributed by atoms with Crippen LogP contribution in [0.1, 0.15) is 31.9 Å². The van der Waals surface area contributed by atoms with Gasteiger partial charge in [-0.3, -0.25) is 0 Å². The first-order chi connectivity index (χ1) is 7.97. The summed E-state index contributed by atoms with van der Waals surface area (Å²) in [5.41, 5.74) is 8.02. The Morgan fingerprint density at radius 2 is 2.12 bits per heavy atom. The first-order valence-corrected chi connectivity index (χ1v) is 6.41. The van der Waals surface area contributed by atoms with Gasteiger partial charge in [-0.05, 0) is 47.5 Å². The lowest BCUT2D eigenvalue weighted by molar-refractivity contribution is 0.701. The van der Waals surface area contributed by atoms with E-state index in [9.17, 15) is 0 Å². The fourth-order valence-electron chi connectivity index (χ4n) is 1.60. The molecule has 2 atom stereocenters. The summed E-state index contributed by atoms with van der Waals surface area (Å²) in [6.45, 7) is 4.00. The second-order valence-electron chi connectivity index (χ2n) is 4.32. The van der Waals surface area contributed by atoms with Gasteiger partial charge in [0.15, 0.2) is 0 Å². The molecule has 0 aliphatic heterocycles. The molecular formula is C13H18BrN3. The predicted octanol–water partition coefficient (Wildman–Crippen LogP) is 3.21. The van der Waals surface area contributed by atoms with Crippen molar-refractivity contribution in [1.29, 1.82) is 5.26 Å². The van der Waals surface area contributed by atoms with Gasteiger partial charge in [0.1, 0.15) is 0 Å². The number of nitrogens with zero attached hydrogens (tertiary/aromatic N) is 2. The molecule has 0 aliphatic carbocycles. The molecular weight excluding hydrogens is 278 g/mol. The lowest BCUT2D eigenvalue weighted by Crippen LogP contribution is -2.28. The number of anilines is 1. The first-order valence-electron chi connectivity index (χ1n) is 5.62. The van der Waals surface area contributed by atoms with E-state index in [0.29, 0.717) is 6.42 Å². The second kappa shape index (κ2) is 6.04. The lowest BCUT2D eigenvalue weighted by atomic mass is 10.1. The van der Waals surface area contributed by atoms with Crippen LogP contribution in [0.25, 0.3) is 0 Å². The summed E-state index contributed by atoms with van der Waals surface area (Å²) in [5, 5.41) is 8.71. The van der Waals surface area contributed by atoms with E-state index in [1.54, 1.807) is 0 Å². The normalized spacial score (nSPS) is 13.9. The molecule has 17 heavy (non-hydrogen) atoms. The third-order valence-corrected chi connectivity index (χ3v) is 3.56. The van der Waals surface area contributed by atoms with Crippen LogP contribution in [0, 0.1) is 11.3 Å². The molecule has 0 fully saturated rings. The van der Waals surface area contributed by atoms with Crippen LogP contribution in [0.15, 0.2) is 22.7 Å². The topological polar surface area (TPSA) is 53.0 Å². The summed E-state index contributed by atoms with van der Waals surface area (Å²) < 4.78 is 1.01. The molecule has 1 aromatic rings. The summed E-state index contributed by atoms with van der Waals surface area (Å²) in [6, 6.07) is 8.52. The number of hydrogen-bond donors (Lipinski definition) is 1. The SMILES string of the molecule is CC(CC#N)N(C)c1ccc([C@H](C)N)cc1Br. The van der Waals surface area contributed by atoms with Crippen molar-refractivity contribution in [2.45, 2.75) is 32.4 Å². The van der Waals surface area contributed by atoms with Gasteiger partial charge in [0.05, 0.1) is 18.2 Å². The number of benzene rings is 1. The average Bonchev–Trinajstić information content (AvgIpc) is 2.28. The standard InChI is InChI=1S/C13H18BrN3/c1-9(6-7-15)17(3)13-5-4-11(10(2)16)8-12(13)14/h4-5,8-10H,6,16H2,1-3H3/t9?,10-/m0/s1. The third kappa shape index (κ3) is 3.45. The van der Waals surface area contributed by atoms with Crippen LogP contribution in [-0.4, -0.2) is 13.1 Å². The maximum Gasteiger partial charge on any atom is 0.0643 e. The Bertz CT molecular complexity index is 423. The van der Waals surface area contributed by atoms with E-state index in [1.807, 2.05) is 39.1 Å². The zero-order valence-corrected chi connectivity index (χ0v) is 12.0. The summed E-state index contributed by atoms with van der Waals surface area (Å²) in [4.78, 5) is 2.10. The molecule has 0 saturated carbocycles. The lowest BCUT2D eigenvalue weighted by Gasteiger charge is -2.26. The van der Waals surface area contributed by atoms with E-state index in [1.165, 1.54) is 0 Å². The zero-order chi connectivity index (χ0) is 13.0. The van der Waals surface area contributed by atoms with E-state index >= 15 is 0 Å². The Hall–Kier alpha value is -1.05. The van der Waals surface area contributed by atoms with Gasteiger partial charge >= 0.3 is 0 Å². The van der Waals surface area contributed by atoms with Crippen molar-refractivity contribution in [3.63, 3.8) is 0 Å². The summed E-state index contributed by atoms with van der Waals surface area (Å²) >= 11 is 3.56. The van der Waals surface area contributed by atoms with Crippen LogP contribution in [0.4, 0.5) is 5.69 Å². The smallest absolute Gasteiger partial charge is 0.0643 e. The summed E-state index contributed by atoms with van der Waals surface area (Å²) in [6.07, 6.45) is 0.512. The maximum absolute atomic E-state index is 8.71. The summed E-state index contributed by atoms with van der Waals surface area (Å²) in [7, 11) is 1.99. The maximum atomic E-state index is 8.71. The zero-order valence-electron chi connectivity index (χ0n) is 10.4. The van der Waals surface area contributed by atoms with Crippen molar-refractivity contribution >= 4 is 21.6 Å². The Morgan fingerprint density at radius 1 is 1.47 bits per heavy atom. The van der Waals surface area contributed by atoms with Crippen LogP contribution in [0.3, 0.4) is 0 Å². The highest BCUT2D eigenvalue weighted by molar-refractivity contribution is 9.10. The third-order valence-electron chi connectivity index (χ3n) is 2.93. The molecule has 0 radical (unpaired) electrons. The Labute approximate surface area is 111 Å². The van der Waals surface area contributed by atoms with Crippen LogP contribution < -0.4 is 10.6 Å². The van der Waals surface area contributed by atoms with Gasteiger partial charge in [-0.15, -0.1) is 0 Å². The fraction of sp³-hybridized carbons (Fsp3) is 0.462. The van der Waals surface area contributed by atoms with Gasteiger partial charge in [-0.1, -0.05) is 6.07 Å². The number of hydrogen-bond acceptors (Lipinski definition) is 3. The van der Waals surface area contributed by atoms with Crippen molar-refractivity contribution in [2.24, 2.45) is 5.73 Å². The second-order valence-corrected chi connectivity index (χ2v) is 5.18. The molecule has 1 aromatic carbocycles. The number of nitriles is 1. The van der Waals surface area contributed by atoms with Crippen LogP contribution in [0.2, 0.25) is 0 Å². The van der Waals surface area contributed by atoms with Crippen LogP contribution in [0.5, 0.6) is 0 Å². The summed E-state index contributed by atoms with van der Waals surface area (Å²) in [5.74, 6) is 0. The number of nitrogens with two attached hydrogens (primary N) is 1. The largest absolute Gasteiger partial charge is 0.370 e. The van der Waals surface area contributed by atoms with E-state index in [0.717, 1.165) is 15.7 Å². The van der Waals surface area contributed by atoms with Gasteiger partial charge < -0.3 is 10.6 Å². The minimum absolute atomic E-state index is 0.0298. The van der Waals surface area contributed by atoms with Gasteiger partial charge in [-0.2, -0.15) is 5.26 Å². The monoisotopic (exact) mass is 295 g/mol. The molecule has 0 spiro atoms. The van der Waals surface area contributed by atoms with Crippen molar-refractivity contribution in [3.8, 4) is 6.07 Å². The highest BCUT2D eigenvalue weighted by Crippen LogP contribution is 2.29. The van der Waals surface area contributed by atoms with Crippen molar-refractivity contribution < 1.29 is 0 Å². The van der Waals surface area contributed by atoms with Crippen molar-refractivity contribution in [2.75, 3.05) is 11.9 Å². The van der Waals surface area contributed by atoms with E-state index < -0.39 is 0 Å². The van der Waals surface area contributed by atoms with Crippen molar-refractivity contribution in [1.82, 2.24) is 0 Å². The van der Waals surface area contributed by atoms with Crippen LogP contribution in [-0.2, 0) is 0 Å². The number of halogens is 1. The van der Waals surface area contributed by atoms with Gasteiger partial charge in [0.25, 0.3) is 0 Å². The molecule has 0 saturated heterocycles. The minimum atomic E-state index is 0.0298.